The van der Waals surface area contributed by atoms with Crippen molar-refractivity contribution in [3.8, 4) is 0 Å². The summed E-state index contributed by atoms with van der Waals surface area (Å²) in [6, 6.07) is -1.10. The number of hydrogen-bond donors (Lipinski definition) is 3. The first-order valence-corrected chi connectivity index (χ1v) is 12.3. The summed E-state index contributed by atoms with van der Waals surface area (Å²) in [6.07, 6.45) is 3.02. The Kier molecular flexibility index (Phi) is 6.90. The van der Waals surface area contributed by atoms with Gasteiger partial charge in [0, 0.05) is 23.2 Å². The molecule has 9 heteroatoms. The van der Waals surface area contributed by atoms with Crippen LogP contribution in [0.1, 0.15) is 46.5 Å². The van der Waals surface area contributed by atoms with Gasteiger partial charge in [0.05, 0.1) is 29.2 Å². The van der Waals surface area contributed by atoms with Gasteiger partial charge >= 0.3 is 0 Å². The lowest BCUT2D eigenvalue weighted by molar-refractivity contribution is -0.142. The highest BCUT2D eigenvalue weighted by Gasteiger charge is 2.76. The molecule has 3 saturated heterocycles. The van der Waals surface area contributed by atoms with Crippen molar-refractivity contribution < 1.29 is 19.5 Å². The molecule has 7 nitrogen and oxygen atoms in total. The first-order chi connectivity index (χ1) is 13.8. The minimum Gasteiger partial charge on any atom is -0.394 e. The third-order valence-corrected chi connectivity index (χ3v) is 9.93. The summed E-state index contributed by atoms with van der Waals surface area (Å²) < 4.78 is -0.647. The molecule has 29 heavy (non-hydrogen) atoms. The van der Waals surface area contributed by atoms with Gasteiger partial charge < -0.3 is 20.6 Å². The van der Waals surface area contributed by atoms with Crippen LogP contribution in [0.4, 0.5) is 0 Å². The van der Waals surface area contributed by atoms with Gasteiger partial charge in [0.15, 0.2) is 0 Å². The van der Waals surface area contributed by atoms with E-state index in [-0.39, 0.29) is 40.4 Å². The molecule has 1 spiro atoms. The molecule has 3 rings (SSSR count). The molecule has 3 amide bonds. The summed E-state index contributed by atoms with van der Waals surface area (Å²) in [5, 5.41) is 15.7. The number of nitrogens with zero attached hydrogens (tertiary/aromatic N) is 1. The van der Waals surface area contributed by atoms with Crippen LogP contribution >= 0.6 is 27.7 Å². The molecule has 0 aromatic rings. The number of nitrogens with one attached hydrogen (secondary N) is 2. The second-order valence-electron chi connectivity index (χ2n) is 8.47. The fourth-order valence-corrected chi connectivity index (χ4v) is 9.07. The molecule has 3 aliphatic rings. The molecule has 0 aromatic heterocycles. The number of hydrogen-bond acceptors (Lipinski definition) is 5. The fourth-order valence-electron chi connectivity index (χ4n) is 5.47. The highest BCUT2D eigenvalue weighted by Crippen LogP contribution is 2.67. The monoisotopic (exact) mass is 489 g/mol. The lowest BCUT2D eigenvalue weighted by atomic mass is 9.70. The highest BCUT2D eigenvalue weighted by atomic mass is 79.9. The number of likely N-dealkylation sites (tertiary alicyclic amines) is 1. The number of carbonyl (C=O) groups is 3. The van der Waals surface area contributed by atoms with E-state index < -0.39 is 28.7 Å². The highest BCUT2D eigenvalue weighted by molar-refractivity contribution is 9.09. The van der Waals surface area contributed by atoms with Gasteiger partial charge in [0.25, 0.3) is 0 Å². The molecular formula is C20H32BrN3O4S. The Morgan fingerprint density at radius 1 is 1.38 bits per heavy atom. The van der Waals surface area contributed by atoms with Gasteiger partial charge in [-0.1, -0.05) is 36.2 Å². The normalized spacial score (nSPS) is 37.4. The Hall–Kier alpha value is -0.800. The number of aliphatic hydroxyl groups excluding tert-OH is 1. The standard InChI is InChI=1S/C20H32BrN3O4S/c1-5-7-10(3)23-18(27)16-20-8-12(21)15(29-20)13(17(26)22-4)14(20)19(28)24(16)11(6-2)9-25/h10-16,25H,5-9H2,1-4H3,(H,22,26)(H,23,27)/t10?,11-,12?,13+,14-,15+,16?,20?/m0/s1. The van der Waals surface area contributed by atoms with Crippen molar-refractivity contribution >= 4 is 45.4 Å². The van der Waals surface area contributed by atoms with Gasteiger partial charge in [0.1, 0.15) is 6.04 Å². The number of halogens is 1. The van der Waals surface area contributed by atoms with Crippen molar-refractivity contribution in [2.45, 2.75) is 79.4 Å². The quantitative estimate of drug-likeness (QED) is 0.446. The van der Waals surface area contributed by atoms with Crippen LogP contribution in [-0.4, -0.2) is 74.3 Å². The lowest BCUT2D eigenvalue weighted by Crippen LogP contribution is -2.58. The second-order valence-corrected chi connectivity index (χ2v) is 11.2. The van der Waals surface area contributed by atoms with Crippen LogP contribution < -0.4 is 10.6 Å². The lowest BCUT2D eigenvalue weighted by Gasteiger charge is -2.37. The van der Waals surface area contributed by atoms with Gasteiger partial charge in [0.2, 0.25) is 17.7 Å². The maximum absolute atomic E-state index is 13.6. The molecule has 3 N–H and O–H groups in total. The molecule has 0 aromatic carbocycles. The summed E-state index contributed by atoms with van der Waals surface area (Å²) in [7, 11) is 1.59. The molecule has 0 radical (unpaired) electrons. The Morgan fingerprint density at radius 2 is 2.07 bits per heavy atom. The van der Waals surface area contributed by atoms with E-state index in [2.05, 4.69) is 33.5 Å². The van der Waals surface area contributed by atoms with Crippen LogP contribution in [0.3, 0.4) is 0 Å². The summed E-state index contributed by atoms with van der Waals surface area (Å²) in [5.41, 5.74) is 0. The zero-order valence-corrected chi connectivity index (χ0v) is 19.9. The molecule has 164 valence electrons. The van der Waals surface area contributed by atoms with Gasteiger partial charge in [-0.25, -0.2) is 0 Å². The molecule has 2 bridgehead atoms. The van der Waals surface area contributed by atoms with Gasteiger partial charge in [-0.3, -0.25) is 14.4 Å². The van der Waals surface area contributed by atoms with Crippen LogP contribution in [0.15, 0.2) is 0 Å². The molecular weight excluding hydrogens is 458 g/mol. The third-order valence-electron chi connectivity index (χ3n) is 6.71. The maximum atomic E-state index is 13.6. The van der Waals surface area contributed by atoms with E-state index in [4.69, 9.17) is 0 Å². The average Bonchev–Trinajstić information content (AvgIpc) is 3.26. The Labute approximate surface area is 185 Å². The van der Waals surface area contributed by atoms with Crippen LogP contribution in [0.25, 0.3) is 0 Å². The van der Waals surface area contributed by atoms with E-state index >= 15 is 0 Å². The van der Waals surface area contributed by atoms with Crippen LogP contribution in [0.5, 0.6) is 0 Å². The van der Waals surface area contributed by atoms with Crippen molar-refractivity contribution in [3.63, 3.8) is 0 Å². The first kappa shape index (κ1) is 22.9. The van der Waals surface area contributed by atoms with E-state index in [0.717, 1.165) is 12.8 Å². The van der Waals surface area contributed by atoms with Crippen molar-refractivity contribution in [3.05, 3.63) is 0 Å². The topological polar surface area (TPSA) is 98.7 Å². The number of rotatable bonds is 8. The van der Waals surface area contributed by atoms with Gasteiger partial charge in [-0.05, 0) is 26.2 Å². The van der Waals surface area contributed by atoms with Gasteiger partial charge in [-0.2, -0.15) is 0 Å². The van der Waals surface area contributed by atoms with E-state index in [1.54, 1.807) is 23.7 Å². The molecule has 3 fully saturated rings. The molecule has 0 aliphatic carbocycles. The second kappa shape index (κ2) is 8.75. The van der Waals surface area contributed by atoms with E-state index in [0.29, 0.717) is 12.8 Å². The zero-order valence-electron chi connectivity index (χ0n) is 17.5. The number of alkyl halides is 1. The summed E-state index contributed by atoms with van der Waals surface area (Å²) >= 11 is 5.34. The minimum absolute atomic E-state index is 0.00668. The smallest absolute Gasteiger partial charge is 0.244 e. The summed E-state index contributed by atoms with van der Waals surface area (Å²) in [4.78, 5) is 41.5. The van der Waals surface area contributed by atoms with Gasteiger partial charge in [-0.15, -0.1) is 11.8 Å². The van der Waals surface area contributed by atoms with Crippen LogP contribution in [0.2, 0.25) is 0 Å². The predicted molar refractivity (Wildman–Crippen MR) is 117 cm³/mol. The van der Waals surface area contributed by atoms with Crippen molar-refractivity contribution in [1.29, 1.82) is 0 Å². The Bertz CT molecular complexity index is 676. The summed E-state index contributed by atoms with van der Waals surface area (Å²) in [6.45, 7) is 5.75. The van der Waals surface area contributed by atoms with E-state index in [9.17, 15) is 19.5 Å². The Balaban J connectivity index is 2.04. The summed E-state index contributed by atoms with van der Waals surface area (Å²) in [5.74, 6) is -1.50. The third kappa shape index (κ3) is 3.51. The largest absolute Gasteiger partial charge is 0.394 e. The molecule has 0 saturated carbocycles. The Morgan fingerprint density at radius 3 is 2.62 bits per heavy atom. The van der Waals surface area contributed by atoms with Crippen molar-refractivity contribution in [2.75, 3.05) is 13.7 Å². The van der Waals surface area contributed by atoms with E-state index in [1.165, 1.54) is 0 Å². The fraction of sp³-hybridized carbons (Fsp3) is 0.850. The number of thioether (sulfide) groups is 1. The molecule has 3 heterocycles. The van der Waals surface area contributed by atoms with Crippen LogP contribution in [-0.2, 0) is 14.4 Å². The first-order valence-electron chi connectivity index (χ1n) is 10.5. The molecule has 4 unspecified atom stereocenters. The number of amides is 3. The number of fused-ring (bicyclic) bond motifs is 1. The number of carbonyl (C=O) groups excluding carboxylic acids is 3. The maximum Gasteiger partial charge on any atom is 0.244 e. The minimum atomic E-state index is -0.680. The van der Waals surface area contributed by atoms with Crippen molar-refractivity contribution in [2.24, 2.45) is 11.8 Å². The molecule has 8 atom stereocenters. The SMILES string of the molecule is CCCC(C)NC(=O)C1N([C@@H](CC)CO)C(=O)[C@@H]2[C@@H](C(=O)NC)[C@@H]3SC12CC3Br. The zero-order chi connectivity index (χ0) is 21.5. The van der Waals surface area contributed by atoms with Crippen LogP contribution in [0, 0.1) is 11.8 Å². The average molecular weight is 490 g/mol. The van der Waals surface area contributed by atoms with Crippen molar-refractivity contribution in [1.82, 2.24) is 15.5 Å². The predicted octanol–water partition coefficient (Wildman–Crippen LogP) is 1.27. The number of aliphatic hydroxyl groups is 1. The van der Waals surface area contributed by atoms with E-state index in [1.807, 2.05) is 13.8 Å². The molecule has 3 aliphatic heterocycles.